The van der Waals surface area contributed by atoms with Crippen LogP contribution in [0.4, 0.5) is 0 Å². The predicted octanol–water partition coefficient (Wildman–Crippen LogP) is 4.83. The number of hydrogen-bond donors (Lipinski definition) is 0. The Labute approximate surface area is 193 Å². The largest absolute Gasteiger partial charge is 0.493 e. The summed E-state index contributed by atoms with van der Waals surface area (Å²) in [6.07, 6.45) is 1.49. The molecule has 0 aromatic heterocycles. The molecule has 1 amide bonds. The Balaban J connectivity index is 1.34. The van der Waals surface area contributed by atoms with Gasteiger partial charge in [0.2, 0.25) is 0 Å². The lowest BCUT2D eigenvalue weighted by atomic mass is 10.1. The molecule has 1 fully saturated rings. The van der Waals surface area contributed by atoms with Gasteiger partial charge < -0.3 is 19.1 Å². The van der Waals surface area contributed by atoms with Gasteiger partial charge in [0, 0.05) is 31.5 Å². The van der Waals surface area contributed by atoms with Gasteiger partial charge in [-0.3, -0.25) is 4.79 Å². The number of ether oxygens (including phenoxy) is 3. The van der Waals surface area contributed by atoms with Gasteiger partial charge in [-0.25, -0.2) is 0 Å². The van der Waals surface area contributed by atoms with Crippen molar-refractivity contribution in [1.82, 2.24) is 4.90 Å². The fourth-order valence-electron chi connectivity index (χ4n) is 3.85. The third-order valence-corrected chi connectivity index (χ3v) is 5.64. The molecule has 0 spiro atoms. The van der Waals surface area contributed by atoms with Crippen LogP contribution in [0.2, 0.25) is 0 Å². The Morgan fingerprint density at radius 2 is 1.79 bits per heavy atom. The summed E-state index contributed by atoms with van der Waals surface area (Å²) in [5.74, 6) is 1.79. The second-order valence-electron chi connectivity index (χ2n) is 7.89. The average Bonchev–Trinajstić information content (AvgIpc) is 2.88. The summed E-state index contributed by atoms with van der Waals surface area (Å²) in [6.45, 7) is 1.64. The zero-order valence-electron chi connectivity index (χ0n) is 18.6. The summed E-state index contributed by atoms with van der Waals surface area (Å²) in [6, 6.07) is 24.5. The Hall–Kier alpha value is -3.98. The van der Waals surface area contributed by atoms with E-state index in [4.69, 9.17) is 19.5 Å². The minimum atomic E-state index is -0.0344. The summed E-state index contributed by atoms with van der Waals surface area (Å²) in [5, 5.41) is 9.04. The van der Waals surface area contributed by atoms with E-state index >= 15 is 0 Å². The molecule has 0 unspecified atom stereocenters. The standard InChI is InChI=1S/C27H26N2O4/c1-31-26-17-22(10-11-25(26)32-19-20-6-3-2-4-7-20)27(30)29-14-12-23(13-15-29)33-24-9-5-8-21(16-24)18-28/h2-11,16-17,23H,12-15,19H2,1H3. The van der Waals surface area contributed by atoms with Crippen LogP contribution in [0.15, 0.2) is 72.8 Å². The highest BCUT2D eigenvalue weighted by atomic mass is 16.5. The van der Waals surface area contributed by atoms with Crippen molar-refractivity contribution in [3.8, 4) is 23.3 Å². The van der Waals surface area contributed by atoms with Crippen LogP contribution in [0.25, 0.3) is 0 Å². The van der Waals surface area contributed by atoms with Gasteiger partial charge in [0.25, 0.3) is 5.91 Å². The van der Waals surface area contributed by atoms with Gasteiger partial charge in [0.1, 0.15) is 18.5 Å². The lowest BCUT2D eigenvalue weighted by Crippen LogP contribution is -2.41. The van der Waals surface area contributed by atoms with Crippen molar-refractivity contribution in [3.05, 3.63) is 89.5 Å². The van der Waals surface area contributed by atoms with Crippen LogP contribution < -0.4 is 14.2 Å². The molecule has 0 bridgehead atoms. The SMILES string of the molecule is COc1cc(C(=O)N2CCC(Oc3cccc(C#N)c3)CC2)ccc1OCc1ccccc1. The van der Waals surface area contributed by atoms with Gasteiger partial charge in [-0.1, -0.05) is 36.4 Å². The van der Waals surface area contributed by atoms with Gasteiger partial charge in [-0.15, -0.1) is 0 Å². The molecule has 6 heteroatoms. The average molecular weight is 443 g/mol. The van der Waals surface area contributed by atoms with Crippen LogP contribution in [-0.4, -0.2) is 37.1 Å². The lowest BCUT2D eigenvalue weighted by Gasteiger charge is -2.32. The highest BCUT2D eigenvalue weighted by Gasteiger charge is 2.25. The van der Waals surface area contributed by atoms with E-state index in [0.29, 0.717) is 48.1 Å². The molecular weight excluding hydrogens is 416 g/mol. The first-order valence-electron chi connectivity index (χ1n) is 11.0. The number of nitriles is 1. The smallest absolute Gasteiger partial charge is 0.253 e. The van der Waals surface area contributed by atoms with Gasteiger partial charge in [0.05, 0.1) is 18.7 Å². The van der Waals surface area contributed by atoms with Crippen molar-refractivity contribution in [2.45, 2.75) is 25.6 Å². The predicted molar refractivity (Wildman–Crippen MR) is 124 cm³/mol. The zero-order valence-corrected chi connectivity index (χ0v) is 18.6. The van der Waals surface area contributed by atoms with Crippen LogP contribution >= 0.6 is 0 Å². The Kier molecular flexibility index (Phi) is 7.11. The van der Waals surface area contributed by atoms with E-state index in [0.717, 1.165) is 18.4 Å². The quantitative estimate of drug-likeness (QED) is 0.524. The van der Waals surface area contributed by atoms with Gasteiger partial charge in [-0.05, 0) is 42.0 Å². The van der Waals surface area contributed by atoms with Crippen molar-refractivity contribution in [1.29, 1.82) is 5.26 Å². The van der Waals surface area contributed by atoms with E-state index in [9.17, 15) is 4.79 Å². The van der Waals surface area contributed by atoms with Gasteiger partial charge in [0.15, 0.2) is 11.5 Å². The number of amides is 1. The first-order chi connectivity index (χ1) is 16.2. The molecule has 33 heavy (non-hydrogen) atoms. The van der Waals surface area contributed by atoms with Gasteiger partial charge >= 0.3 is 0 Å². The van der Waals surface area contributed by atoms with Crippen molar-refractivity contribution in [2.24, 2.45) is 0 Å². The highest BCUT2D eigenvalue weighted by molar-refractivity contribution is 5.95. The molecule has 0 aliphatic carbocycles. The first kappa shape index (κ1) is 22.2. The molecule has 1 aliphatic rings. The fraction of sp³-hybridized carbons (Fsp3) is 0.259. The Bertz CT molecular complexity index is 1130. The molecule has 3 aromatic rings. The summed E-state index contributed by atoms with van der Waals surface area (Å²) in [7, 11) is 1.57. The molecule has 0 saturated carbocycles. The van der Waals surface area contributed by atoms with Crippen molar-refractivity contribution in [2.75, 3.05) is 20.2 Å². The normalized spacial score (nSPS) is 13.8. The number of carbonyl (C=O) groups excluding carboxylic acids is 1. The number of carbonyl (C=O) groups is 1. The van der Waals surface area contributed by atoms with Crippen LogP contribution in [-0.2, 0) is 6.61 Å². The van der Waals surface area contributed by atoms with Crippen molar-refractivity contribution >= 4 is 5.91 Å². The number of likely N-dealkylation sites (tertiary alicyclic amines) is 1. The number of benzene rings is 3. The third-order valence-electron chi connectivity index (χ3n) is 5.64. The lowest BCUT2D eigenvalue weighted by molar-refractivity contribution is 0.0595. The number of rotatable bonds is 7. The maximum Gasteiger partial charge on any atom is 0.253 e. The highest BCUT2D eigenvalue weighted by Crippen LogP contribution is 2.30. The molecule has 0 atom stereocenters. The topological polar surface area (TPSA) is 71.8 Å². The Morgan fingerprint density at radius 3 is 2.52 bits per heavy atom. The maximum absolute atomic E-state index is 13.1. The van der Waals surface area contributed by atoms with Crippen LogP contribution in [0.1, 0.15) is 34.3 Å². The first-order valence-corrected chi connectivity index (χ1v) is 11.0. The molecule has 4 rings (SSSR count). The third kappa shape index (κ3) is 5.64. The molecule has 1 aliphatic heterocycles. The summed E-state index contributed by atoms with van der Waals surface area (Å²) >= 11 is 0. The zero-order chi connectivity index (χ0) is 23.0. The number of hydrogen-bond acceptors (Lipinski definition) is 5. The molecule has 1 saturated heterocycles. The fourth-order valence-corrected chi connectivity index (χ4v) is 3.85. The van der Waals surface area contributed by atoms with Crippen molar-refractivity contribution in [3.63, 3.8) is 0 Å². The number of methoxy groups -OCH3 is 1. The van der Waals surface area contributed by atoms with E-state index in [-0.39, 0.29) is 12.0 Å². The molecule has 0 radical (unpaired) electrons. The molecule has 1 heterocycles. The van der Waals surface area contributed by atoms with E-state index in [1.165, 1.54) is 0 Å². The van der Waals surface area contributed by atoms with Gasteiger partial charge in [-0.2, -0.15) is 5.26 Å². The van der Waals surface area contributed by atoms with E-state index in [2.05, 4.69) is 6.07 Å². The van der Waals surface area contributed by atoms with E-state index in [1.54, 1.807) is 37.4 Å². The minimum absolute atomic E-state index is 0.0197. The second-order valence-corrected chi connectivity index (χ2v) is 7.89. The van der Waals surface area contributed by atoms with Crippen LogP contribution in [0.5, 0.6) is 17.2 Å². The molecule has 168 valence electrons. The second kappa shape index (κ2) is 10.6. The maximum atomic E-state index is 13.1. The number of nitrogens with zero attached hydrogens (tertiary/aromatic N) is 2. The van der Waals surface area contributed by atoms with Crippen LogP contribution in [0, 0.1) is 11.3 Å². The molecule has 0 N–H and O–H groups in total. The Morgan fingerprint density at radius 1 is 1.00 bits per heavy atom. The number of piperidine rings is 1. The minimum Gasteiger partial charge on any atom is -0.493 e. The molecule has 3 aromatic carbocycles. The van der Waals surface area contributed by atoms with E-state index in [1.807, 2.05) is 47.4 Å². The summed E-state index contributed by atoms with van der Waals surface area (Å²) < 4.78 is 17.4. The van der Waals surface area contributed by atoms with E-state index < -0.39 is 0 Å². The summed E-state index contributed by atoms with van der Waals surface area (Å²) in [4.78, 5) is 14.9. The summed E-state index contributed by atoms with van der Waals surface area (Å²) in [5.41, 5.74) is 2.20. The molecular formula is C27H26N2O4. The monoisotopic (exact) mass is 442 g/mol. The van der Waals surface area contributed by atoms with Crippen LogP contribution in [0.3, 0.4) is 0 Å². The van der Waals surface area contributed by atoms with Crippen molar-refractivity contribution < 1.29 is 19.0 Å². The molecule has 6 nitrogen and oxygen atoms in total.